The molecular weight excluding hydrogens is 236 g/mol. The lowest BCUT2D eigenvalue weighted by molar-refractivity contribution is 0.546. The van der Waals surface area contributed by atoms with Gasteiger partial charge >= 0.3 is 0 Å². The number of sulfone groups is 1. The van der Waals surface area contributed by atoms with Gasteiger partial charge in [0.1, 0.15) is 9.84 Å². The van der Waals surface area contributed by atoms with Crippen LogP contribution in [-0.2, 0) is 22.7 Å². The quantitative estimate of drug-likeness (QED) is 0.579. The van der Waals surface area contributed by atoms with Gasteiger partial charge in [0, 0.05) is 12.3 Å². The van der Waals surface area contributed by atoms with E-state index in [-0.39, 0.29) is 11.8 Å². The van der Waals surface area contributed by atoms with Crippen LogP contribution in [-0.4, -0.2) is 26.5 Å². The monoisotopic (exact) mass is 256 g/mol. The molecule has 0 heterocycles. The minimum atomic E-state index is -3.01. The Morgan fingerprint density at radius 3 is 2.18 bits per heavy atom. The second-order valence-corrected chi connectivity index (χ2v) is 6.52. The summed E-state index contributed by atoms with van der Waals surface area (Å²) >= 11 is 0. The van der Waals surface area contributed by atoms with Gasteiger partial charge in [-0.3, -0.25) is 11.3 Å². The molecule has 1 aromatic rings. The molecule has 1 atom stereocenters. The Kier molecular flexibility index (Phi) is 5.11. The van der Waals surface area contributed by atoms with Crippen LogP contribution in [0.1, 0.15) is 18.1 Å². The van der Waals surface area contributed by atoms with Crippen molar-refractivity contribution >= 4 is 9.84 Å². The summed E-state index contributed by atoms with van der Waals surface area (Å²) in [5, 5.41) is 0. The maximum atomic E-state index is 11.2. The minimum absolute atomic E-state index is 0.0546. The number of aryl methyl sites for hydroxylation is 1. The van der Waals surface area contributed by atoms with Crippen LogP contribution in [0.2, 0.25) is 0 Å². The van der Waals surface area contributed by atoms with Crippen molar-refractivity contribution in [3.05, 3.63) is 35.4 Å². The minimum Gasteiger partial charge on any atom is -0.271 e. The Morgan fingerprint density at radius 1 is 1.24 bits per heavy atom. The van der Waals surface area contributed by atoms with Crippen molar-refractivity contribution in [2.75, 3.05) is 12.0 Å². The smallest absolute Gasteiger partial charge is 0.149 e. The van der Waals surface area contributed by atoms with Gasteiger partial charge in [-0.2, -0.15) is 0 Å². The van der Waals surface area contributed by atoms with Crippen LogP contribution in [0, 0.1) is 0 Å². The molecule has 96 valence electrons. The number of nitrogens with two attached hydrogens (primary N) is 1. The van der Waals surface area contributed by atoms with Crippen molar-refractivity contribution in [1.29, 1.82) is 0 Å². The molecule has 1 aromatic carbocycles. The average molecular weight is 256 g/mol. The van der Waals surface area contributed by atoms with E-state index in [9.17, 15) is 8.42 Å². The van der Waals surface area contributed by atoms with Gasteiger partial charge in [0.2, 0.25) is 0 Å². The van der Waals surface area contributed by atoms with Gasteiger partial charge in [-0.15, -0.1) is 0 Å². The summed E-state index contributed by atoms with van der Waals surface area (Å²) < 4.78 is 22.4. The van der Waals surface area contributed by atoms with Crippen LogP contribution in [0.5, 0.6) is 0 Å². The number of rotatable bonds is 6. The molecule has 17 heavy (non-hydrogen) atoms. The fourth-order valence-electron chi connectivity index (χ4n) is 1.73. The predicted molar refractivity (Wildman–Crippen MR) is 70.3 cm³/mol. The summed E-state index contributed by atoms with van der Waals surface area (Å²) in [6.45, 7) is 2.10. The molecule has 0 saturated heterocycles. The number of hydrazine groups is 1. The number of hydrogen-bond donors (Lipinski definition) is 2. The largest absolute Gasteiger partial charge is 0.271 e. The molecule has 0 aliphatic carbocycles. The molecule has 0 saturated carbocycles. The van der Waals surface area contributed by atoms with Crippen molar-refractivity contribution in [2.24, 2.45) is 5.84 Å². The van der Waals surface area contributed by atoms with Gasteiger partial charge in [-0.1, -0.05) is 31.2 Å². The van der Waals surface area contributed by atoms with Crippen LogP contribution < -0.4 is 11.3 Å². The molecule has 4 nitrogen and oxygen atoms in total. The highest BCUT2D eigenvalue weighted by molar-refractivity contribution is 7.90. The molecule has 0 radical (unpaired) electrons. The van der Waals surface area contributed by atoms with Gasteiger partial charge in [0.15, 0.2) is 0 Å². The molecular formula is C12H20N2O2S. The second-order valence-electron chi connectivity index (χ2n) is 4.33. The lowest BCUT2D eigenvalue weighted by Crippen LogP contribution is -2.41. The van der Waals surface area contributed by atoms with E-state index < -0.39 is 9.84 Å². The topological polar surface area (TPSA) is 72.2 Å². The molecule has 1 unspecified atom stereocenters. The Balaban J connectivity index is 2.67. The number of hydrogen-bond acceptors (Lipinski definition) is 4. The third kappa shape index (κ3) is 5.30. The molecule has 0 aliphatic heterocycles. The molecule has 0 spiro atoms. The summed E-state index contributed by atoms with van der Waals surface area (Å²) in [6.07, 6.45) is 2.84. The summed E-state index contributed by atoms with van der Waals surface area (Å²) in [7, 11) is -3.01. The summed E-state index contributed by atoms with van der Waals surface area (Å²) in [4.78, 5) is 0. The first kappa shape index (κ1) is 14.2. The zero-order chi connectivity index (χ0) is 12.9. The molecule has 0 amide bonds. The zero-order valence-electron chi connectivity index (χ0n) is 10.3. The Morgan fingerprint density at radius 2 is 1.76 bits per heavy atom. The highest BCUT2D eigenvalue weighted by Crippen LogP contribution is 2.08. The molecule has 0 bridgehead atoms. The van der Waals surface area contributed by atoms with Crippen molar-refractivity contribution in [2.45, 2.75) is 25.8 Å². The van der Waals surface area contributed by atoms with Gasteiger partial charge in [0.05, 0.1) is 5.75 Å². The van der Waals surface area contributed by atoms with Gasteiger partial charge < -0.3 is 0 Å². The van der Waals surface area contributed by atoms with E-state index in [4.69, 9.17) is 5.84 Å². The number of benzene rings is 1. The first-order valence-corrected chi connectivity index (χ1v) is 7.72. The van der Waals surface area contributed by atoms with E-state index in [1.54, 1.807) is 0 Å². The molecule has 0 fully saturated rings. The van der Waals surface area contributed by atoms with Crippen LogP contribution in [0.4, 0.5) is 0 Å². The average Bonchev–Trinajstić information content (AvgIpc) is 2.27. The Hall–Kier alpha value is -0.910. The standard InChI is InChI=1S/C12H20N2O2S/c1-3-10-4-6-11(7-5-10)8-12(14-13)9-17(2,15)16/h4-7,12,14H,3,8-9,13H2,1-2H3. The Bertz CT molecular complexity index is 440. The van der Waals surface area contributed by atoms with Crippen molar-refractivity contribution in [3.8, 4) is 0 Å². The van der Waals surface area contributed by atoms with E-state index in [0.29, 0.717) is 6.42 Å². The number of nitrogens with one attached hydrogen (secondary N) is 1. The predicted octanol–water partition coefficient (Wildman–Crippen LogP) is 0.668. The van der Waals surface area contributed by atoms with E-state index >= 15 is 0 Å². The van der Waals surface area contributed by atoms with E-state index in [0.717, 1.165) is 12.0 Å². The lowest BCUT2D eigenvalue weighted by Gasteiger charge is -2.14. The third-order valence-corrected chi connectivity index (χ3v) is 3.66. The first-order chi connectivity index (χ1) is 7.94. The molecule has 5 heteroatoms. The lowest BCUT2D eigenvalue weighted by atomic mass is 10.0. The molecule has 0 aromatic heterocycles. The molecule has 3 N–H and O–H groups in total. The maximum absolute atomic E-state index is 11.2. The summed E-state index contributed by atoms with van der Waals surface area (Å²) in [5.41, 5.74) is 4.92. The van der Waals surface area contributed by atoms with Crippen molar-refractivity contribution < 1.29 is 8.42 Å². The van der Waals surface area contributed by atoms with Gasteiger partial charge in [0.25, 0.3) is 0 Å². The SMILES string of the molecule is CCc1ccc(CC(CS(C)(=O)=O)NN)cc1. The van der Waals surface area contributed by atoms with Gasteiger partial charge in [-0.05, 0) is 24.0 Å². The fraction of sp³-hybridized carbons (Fsp3) is 0.500. The van der Waals surface area contributed by atoms with Crippen molar-refractivity contribution in [3.63, 3.8) is 0 Å². The van der Waals surface area contributed by atoms with E-state index in [2.05, 4.69) is 24.5 Å². The summed E-state index contributed by atoms with van der Waals surface area (Å²) in [6, 6.07) is 7.92. The normalized spacial score (nSPS) is 13.6. The Labute approximate surface area is 103 Å². The second kappa shape index (κ2) is 6.14. The first-order valence-electron chi connectivity index (χ1n) is 5.66. The van der Waals surface area contributed by atoms with E-state index in [1.807, 2.05) is 12.1 Å². The molecule has 1 rings (SSSR count). The highest BCUT2D eigenvalue weighted by Gasteiger charge is 2.14. The molecule has 0 aliphatic rings. The fourth-order valence-corrected chi connectivity index (χ4v) is 2.67. The van der Waals surface area contributed by atoms with Crippen LogP contribution in [0.15, 0.2) is 24.3 Å². The van der Waals surface area contributed by atoms with E-state index in [1.165, 1.54) is 11.8 Å². The van der Waals surface area contributed by atoms with Crippen LogP contribution in [0.25, 0.3) is 0 Å². The summed E-state index contributed by atoms with van der Waals surface area (Å²) in [5.74, 6) is 5.42. The third-order valence-electron chi connectivity index (χ3n) is 2.65. The zero-order valence-corrected chi connectivity index (χ0v) is 11.1. The van der Waals surface area contributed by atoms with Gasteiger partial charge in [-0.25, -0.2) is 8.42 Å². The maximum Gasteiger partial charge on any atom is 0.149 e. The highest BCUT2D eigenvalue weighted by atomic mass is 32.2. The van der Waals surface area contributed by atoms with Crippen LogP contribution >= 0.6 is 0 Å². The van der Waals surface area contributed by atoms with Crippen LogP contribution in [0.3, 0.4) is 0 Å². The van der Waals surface area contributed by atoms with Crippen molar-refractivity contribution in [1.82, 2.24) is 5.43 Å².